The molecule has 1 heterocycles. The number of alkyl halides is 3. The normalized spacial score (nSPS) is 16.2. The molecule has 10 heteroatoms. The summed E-state index contributed by atoms with van der Waals surface area (Å²) in [6, 6.07) is 13.8. The molecule has 1 fully saturated rings. The minimum atomic E-state index is -4.68. The van der Waals surface area contributed by atoms with Gasteiger partial charge in [-0.25, -0.2) is 13.6 Å². The highest BCUT2D eigenvalue weighted by Gasteiger charge is 2.51. The van der Waals surface area contributed by atoms with E-state index in [4.69, 9.17) is 14.6 Å². The SMILES string of the molecule is NS(=O)(=O)c1cccc(-c2cc(CC(=O)C3(c4ccc5c(c4)OCO5)CC3)ccc2C(F)(F)F)c1. The van der Waals surface area contributed by atoms with Crippen molar-refractivity contribution < 1.29 is 35.9 Å². The van der Waals surface area contributed by atoms with Crippen molar-refractivity contribution in [3.63, 3.8) is 0 Å². The Morgan fingerprint density at radius 3 is 2.40 bits per heavy atom. The summed E-state index contributed by atoms with van der Waals surface area (Å²) in [6.07, 6.45) is -3.49. The molecule has 0 aromatic heterocycles. The Kier molecular flexibility index (Phi) is 5.41. The first-order valence-electron chi connectivity index (χ1n) is 10.7. The standard InChI is InChI=1S/C25H20F3NO5S/c26-25(27,28)20-6-4-15(10-19(20)16-2-1-3-18(12-16)35(29,31)32)11-23(30)24(8-9-24)17-5-7-21-22(13-17)34-14-33-21/h1-7,10,12-13H,8-9,11,14H2,(H2,29,31,32). The number of ether oxygens (including phenoxy) is 2. The van der Waals surface area contributed by atoms with E-state index in [9.17, 15) is 26.4 Å². The molecule has 0 atom stereocenters. The maximum absolute atomic E-state index is 13.8. The molecule has 35 heavy (non-hydrogen) atoms. The minimum Gasteiger partial charge on any atom is -0.454 e. The summed E-state index contributed by atoms with van der Waals surface area (Å²) in [5.74, 6) is 1.06. The van der Waals surface area contributed by atoms with Crippen LogP contribution in [-0.2, 0) is 32.8 Å². The fourth-order valence-corrected chi connectivity index (χ4v) is 4.99. The third-order valence-corrected chi connectivity index (χ3v) is 7.35. The molecule has 0 radical (unpaired) electrons. The Bertz CT molecular complexity index is 1450. The molecule has 6 nitrogen and oxygen atoms in total. The lowest BCUT2D eigenvalue weighted by Gasteiger charge is -2.18. The second kappa shape index (κ2) is 8.10. The van der Waals surface area contributed by atoms with Crippen LogP contribution < -0.4 is 14.6 Å². The Morgan fingerprint density at radius 1 is 0.971 bits per heavy atom. The summed E-state index contributed by atoms with van der Waals surface area (Å²) in [4.78, 5) is 13.0. The highest BCUT2D eigenvalue weighted by Crippen LogP contribution is 2.51. The van der Waals surface area contributed by atoms with Crippen molar-refractivity contribution in [2.24, 2.45) is 5.14 Å². The Labute approximate surface area is 199 Å². The van der Waals surface area contributed by atoms with Gasteiger partial charge in [-0.05, 0) is 65.4 Å². The molecule has 1 aliphatic heterocycles. The van der Waals surface area contributed by atoms with Gasteiger partial charge in [-0.3, -0.25) is 4.79 Å². The summed E-state index contributed by atoms with van der Waals surface area (Å²) in [5.41, 5.74) is -0.642. The van der Waals surface area contributed by atoms with Gasteiger partial charge in [0.1, 0.15) is 5.78 Å². The van der Waals surface area contributed by atoms with Gasteiger partial charge in [0.05, 0.1) is 15.9 Å². The van der Waals surface area contributed by atoms with Crippen LogP contribution in [0.4, 0.5) is 13.2 Å². The van der Waals surface area contributed by atoms with Gasteiger partial charge in [-0.15, -0.1) is 0 Å². The van der Waals surface area contributed by atoms with E-state index in [1.54, 1.807) is 12.1 Å². The molecule has 3 aromatic carbocycles. The summed E-state index contributed by atoms with van der Waals surface area (Å²) in [7, 11) is -4.11. The van der Waals surface area contributed by atoms with Crippen molar-refractivity contribution in [2.75, 3.05) is 6.79 Å². The van der Waals surface area contributed by atoms with Crippen LogP contribution in [0, 0.1) is 0 Å². The van der Waals surface area contributed by atoms with Gasteiger partial charge in [0, 0.05) is 6.42 Å². The van der Waals surface area contributed by atoms with E-state index in [1.807, 2.05) is 6.07 Å². The second-order valence-corrected chi connectivity index (χ2v) is 10.3. The molecule has 0 amide bonds. The van der Waals surface area contributed by atoms with Crippen LogP contribution in [0.25, 0.3) is 11.1 Å². The summed E-state index contributed by atoms with van der Waals surface area (Å²) in [5, 5.41) is 5.16. The predicted octanol–water partition coefficient (Wildman–Crippen LogP) is 4.59. The van der Waals surface area contributed by atoms with Crippen LogP contribution in [-0.4, -0.2) is 21.0 Å². The fourth-order valence-electron chi connectivity index (χ4n) is 4.43. The number of sulfonamides is 1. The van der Waals surface area contributed by atoms with Gasteiger partial charge in [0.15, 0.2) is 11.5 Å². The Balaban J connectivity index is 1.49. The Hall–Kier alpha value is -3.37. The minimum absolute atomic E-state index is 0.0371. The number of carbonyl (C=O) groups excluding carboxylic acids is 1. The van der Waals surface area contributed by atoms with Crippen molar-refractivity contribution >= 4 is 15.8 Å². The monoisotopic (exact) mass is 503 g/mol. The fraction of sp³-hybridized carbons (Fsp3) is 0.240. The lowest BCUT2D eigenvalue weighted by molar-refractivity contribution is -0.137. The number of primary sulfonamides is 1. The number of Topliss-reactive ketones (excluding diaryl/α,β-unsaturated/α-hetero) is 1. The molecular formula is C25H20F3NO5S. The van der Waals surface area contributed by atoms with Crippen molar-refractivity contribution in [3.05, 3.63) is 77.4 Å². The van der Waals surface area contributed by atoms with E-state index in [0.717, 1.165) is 17.7 Å². The first-order chi connectivity index (χ1) is 16.5. The zero-order valence-electron chi connectivity index (χ0n) is 18.3. The average Bonchev–Trinajstić information content (AvgIpc) is 3.49. The van der Waals surface area contributed by atoms with Gasteiger partial charge in [-0.2, -0.15) is 13.2 Å². The van der Waals surface area contributed by atoms with E-state index in [1.165, 1.54) is 30.3 Å². The Morgan fingerprint density at radius 2 is 1.71 bits per heavy atom. The predicted molar refractivity (Wildman–Crippen MR) is 120 cm³/mol. The van der Waals surface area contributed by atoms with Crippen LogP contribution in [0.5, 0.6) is 11.5 Å². The molecule has 0 unspecified atom stereocenters. The molecule has 1 aliphatic carbocycles. The molecule has 2 aliphatic rings. The van der Waals surface area contributed by atoms with E-state index in [2.05, 4.69) is 0 Å². The number of nitrogens with two attached hydrogens (primary N) is 1. The third kappa shape index (κ3) is 4.39. The number of halogens is 3. The molecule has 182 valence electrons. The quantitative estimate of drug-likeness (QED) is 0.531. The van der Waals surface area contributed by atoms with Gasteiger partial charge in [-0.1, -0.05) is 30.3 Å². The second-order valence-electron chi connectivity index (χ2n) is 8.70. The highest BCUT2D eigenvalue weighted by atomic mass is 32.2. The highest BCUT2D eigenvalue weighted by molar-refractivity contribution is 7.89. The van der Waals surface area contributed by atoms with Crippen LogP contribution >= 0.6 is 0 Å². The number of ketones is 1. The zero-order chi connectivity index (χ0) is 25.0. The molecule has 0 bridgehead atoms. The van der Waals surface area contributed by atoms with Gasteiger partial charge < -0.3 is 9.47 Å². The molecule has 0 saturated heterocycles. The number of benzene rings is 3. The summed E-state index contributed by atoms with van der Waals surface area (Å²) < 4.78 is 75.5. The van der Waals surface area contributed by atoms with E-state index >= 15 is 0 Å². The maximum Gasteiger partial charge on any atom is 0.417 e. The molecular weight excluding hydrogens is 483 g/mol. The van der Waals surface area contributed by atoms with Gasteiger partial charge in [0.25, 0.3) is 0 Å². The smallest absolute Gasteiger partial charge is 0.417 e. The van der Waals surface area contributed by atoms with Crippen molar-refractivity contribution in [2.45, 2.75) is 35.7 Å². The topological polar surface area (TPSA) is 95.7 Å². The molecule has 1 saturated carbocycles. The average molecular weight is 503 g/mol. The number of carbonyl (C=O) groups is 1. The maximum atomic E-state index is 13.8. The lowest BCUT2D eigenvalue weighted by Crippen LogP contribution is -2.22. The summed E-state index contributed by atoms with van der Waals surface area (Å²) >= 11 is 0. The zero-order valence-corrected chi connectivity index (χ0v) is 19.1. The van der Waals surface area contributed by atoms with Crippen molar-refractivity contribution in [1.29, 1.82) is 0 Å². The number of hydrogen-bond acceptors (Lipinski definition) is 5. The van der Waals surface area contributed by atoms with Crippen LogP contribution in [0.2, 0.25) is 0 Å². The van der Waals surface area contributed by atoms with Crippen LogP contribution in [0.3, 0.4) is 0 Å². The van der Waals surface area contributed by atoms with E-state index in [0.29, 0.717) is 29.9 Å². The van der Waals surface area contributed by atoms with Crippen molar-refractivity contribution in [1.82, 2.24) is 0 Å². The molecule has 2 N–H and O–H groups in total. The number of rotatable bonds is 6. The largest absolute Gasteiger partial charge is 0.454 e. The molecule has 5 rings (SSSR count). The van der Waals surface area contributed by atoms with Crippen LogP contribution in [0.15, 0.2) is 65.6 Å². The molecule has 3 aromatic rings. The van der Waals surface area contributed by atoms with E-state index in [-0.39, 0.29) is 35.0 Å². The van der Waals surface area contributed by atoms with E-state index < -0.39 is 27.2 Å². The van der Waals surface area contributed by atoms with Gasteiger partial charge >= 0.3 is 6.18 Å². The summed E-state index contributed by atoms with van der Waals surface area (Å²) in [6.45, 7) is 0.112. The first kappa shape index (κ1) is 23.4. The van der Waals surface area contributed by atoms with Crippen LogP contribution in [0.1, 0.15) is 29.5 Å². The molecule has 0 spiro atoms. The van der Waals surface area contributed by atoms with Gasteiger partial charge in [0.2, 0.25) is 16.8 Å². The number of fused-ring (bicyclic) bond motifs is 1. The first-order valence-corrected chi connectivity index (χ1v) is 12.3. The lowest BCUT2D eigenvalue weighted by atomic mass is 9.86. The van der Waals surface area contributed by atoms with Crippen molar-refractivity contribution in [3.8, 4) is 22.6 Å². The number of hydrogen-bond donors (Lipinski definition) is 1. The third-order valence-electron chi connectivity index (χ3n) is 6.44.